The Kier molecular flexibility index (Phi) is 5.03. The number of guanidine groups is 1. The molecule has 1 saturated carbocycles. The zero-order valence-electron chi connectivity index (χ0n) is 13.3. The summed E-state index contributed by atoms with van der Waals surface area (Å²) >= 11 is 0. The number of nitrogens with one attached hydrogen (secondary N) is 2. The maximum Gasteiger partial charge on any atom is 0.191 e. The quantitative estimate of drug-likeness (QED) is 0.620. The van der Waals surface area contributed by atoms with Crippen LogP contribution < -0.4 is 10.6 Å². The van der Waals surface area contributed by atoms with Crippen LogP contribution in [0.4, 0.5) is 8.78 Å². The van der Waals surface area contributed by atoms with Gasteiger partial charge in [0, 0.05) is 12.6 Å². The summed E-state index contributed by atoms with van der Waals surface area (Å²) in [4.78, 5) is 4.40. The third-order valence-electron chi connectivity index (χ3n) is 4.21. The van der Waals surface area contributed by atoms with Crippen LogP contribution in [0.15, 0.2) is 23.2 Å². The smallest absolute Gasteiger partial charge is 0.191 e. The van der Waals surface area contributed by atoms with Crippen LogP contribution in [0.3, 0.4) is 0 Å². The summed E-state index contributed by atoms with van der Waals surface area (Å²) in [6.07, 6.45) is 2.81. The first kappa shape index (κ1) is 17.1. The molecule has 2 fully saturated rings. The molecule has 1 aromatic rings. The van der Waals surface area contributed by atoms with Crippen LogP contribution in [0.25, 0.3) is 0 Å². The summed E-state index contributed by atoms with van der Waals surface area (Å²) in [6.45, 7) is 0.762. The molecule has 0 radical (unpaired) electrons. The van der Waals surface area contributed by atoms with Crippen molar-refractivity contribution in [3.8, 4) is 0 Å². The zero-order chi connectivity index (χ0) is 17.2. The van der Waals surface area contributed by atoms with Gasteiger partial charge in [-0.1, -0.05) is 6.07 Å². The molecular weight excluding hydrogens is 336 g/mol. The Bertz CT molecular complexity index is 733. The van der Waals surface area contributed by atoms with Crippen molar-refractivity contribution in [3.63, 3.8) is 0 Å². The molecule has 3 rings (SSSR count). The Balaban J connectivity index is 1.59. The minimum Gasteiger partial charge on any atom is -0.356 e. The van der Waals surface area contributed by atoms with Crippen molar-refractivity contribution >= 4 is 15.8 Å². The molecule has 8 heteroatoms. The standard InChI is InChI=1S/C16H21F2N3O2S/c17-14-4-1-11(7-15(14)18)8-19-16(21-13-2-3-13)20-9-12-5-6-24(22,23)10-12/h1,4,7,12-13H,2-3,5-6,8-10H2,(H2,19,20,21). The van der Waals surface area contributed by atoms with Crippen molar-refractivity contribution < 1.29 is 17.2 Å². The maximum absolute atomic E-state index is 13.2. The van der Waals surface area contributed by atoms with Gasteiger partial charge in [0.1, 0.15) is 0 Å². The average molecular weight is 357 g/mol. The van der Waals surface area contributed by atoms with E-state index in [1.807, 2.05) is 0 Å². The van der Waals surface area contributed by atoms with Gasteiger partial charge < -0.3 is 10.6 Å². The molecule has 1 aliphatic carbocycles. The summed E-state index contributed by atoms with van der Waals surface area (Å²) in [6, 6.07) is 4.11. The van der Waals surface area contributed by atoms with Crippen LogP contribution in [0.2, 0.25) is 0 Å². The molecule has 0 bridgehead atoms. The molecule has 5 nitrogen and oxygen atoms in total. The van der Waals surface area contributed by atoms with E-state index in [9.17, 15) is 17.2 Å². The maximum atomic E-state index is 13.2. The molecule has 1 aliphatic heterocycles. The first-order valence-corrected chi connectivity index (χ1v) is 9.92. The van der Waals surface area contributed by atoms with E-state index in [0.717, 1.165) is 25.0 Å². The third-order valence-corrected chi connectivity index (χ3v) is 6.04. The number of benzene rings is 1. The number of hydrogen-bond donors (Lipinski definition) is 2. The van der Waals surface area contributed by atoms with E-state index in [-0.39, 0.29) is 24.0 Å². The Labute approximate surface area is 140 Å². The molecule has 0 spiro atoms. The lowest BCUT2D eigenvalue weighted by Gasteiger charge is -2.15. The van der Waals surface area contributed by atoms with Gasteiger partial charge in [-0.2, -0.15) is 0 Å². The molecule has 0 aromatic heterocycles. The fourth-order valence-corrected chi connectivity index (χ4v) is 4.52. The van der Waals surface area contributed by atoms with Gasteiger partial charge in [0.2, 0.25) is 0 Å². The van der Waals surface area contributed by atoms with Crippen LogP contribution in [-0.4, -0.2) is 38.5 Å². The van der Waals surface area contributed by atoms with Crippen molar-refractivity contribution in [3.05, 3.63) is 35.4 Å². The van der Waals surface area contributed by atoms with Crippen molar-refractivity contribution in [2.24, 2.45) is 10.9 Å². The number of rotatable bonds is 5. The van der Waals surface area contributed by atoms with E-state index >= 15 is 0 Å². The van der Waals surface area contributed by atoms with Crippen molar-refractivity contribution in [2.45, 2.75) is 31.8 Å². The predicted octanol–water partition coefficient (Wildman–Crippen LogP) is 1.60. The normalized spacial score (nSPS) is 23.2. The van der Waals surface area contributed by atoms with Crippen molar-refractivity contribution in [1.82, 2.24) is 10.6 Å². The highest BCUT2D eigenvalue weighted by molar-refractivity contribution is 7.91. The van der Waals surface area contributed by atoms with E-state index in [1.54, 1.807) is 0 Å². The van der Waals surface area contributed by atoms with E-state index in [2.05, 4.69) is 15.6 Å². The van der Waals surface area contributed by atoms with Crippen LogP contribution in [0.5, 0.6) is 0 Å². The van der Waals surface area contributed by atoms with Crippen molar-refractivity contribution in [2.75, 3.05) is 18.1 Å². The molecule has 24 heavy (non-hydrogen) atoms. The van der Waals surface area contributed by atoms with Gasteiger partial charge in [0.25, 0.3) is 0 Å². The van der Waals surface area contributed by atoms with Crippen LogP contribution in [0, 0.1) is 17.6 Å². The second kappa shape index (κ2) is 7.04. The van der Waals surface area contributed by atoms with Gasteiger partial charge in [-0.05, 0) is 42.9 Å². The Hall–Kier alpha value is -1.70. The molecule has 1 heterocycles. The van der Waals surface area contributed by atoms with Gasteiger partial charge in [-0.25, -0.2) is 22.2 Å². The lowest BCUT2D eigenvalue weighted by Crippen LogP contribution is -2.41. The number of aliphatic imine (C=N–C) groups is 1. The molecule has 132 valence electrons. The number of nitrogens with zero attached hydrogens (tertiary/aromatic N) is 1. The first-order chi connectivity index (χ1) is 11.4. The SMILES string of the molecule is O=S1(=O)CCC(CNC(=NCc2ccc(F)c(F)c2)NC2CC2)C1. The molecular formula is C16H21F2N3O2S. The highest BCUT2D eigenvalue weighted by Gasteiger charge is 2.28. The van der Waals surface area contributed by atoms with Crippen molar-refractivity contribution in [1.29, 1.82) is 0 Å². The van der Waals surface area contributed by atoms with E-state index in [1.165, 1.54) is 6.07 Å². The molecule has 1 aromatic carbocycles. The minimum absolute atomic E-state index is 0.0875. The summed E-state index contributed by atoms with van der Waals surface area (Å²) in [5.74, 6) is -0.629. The lowest BCUT2D eigenvalue weighted by atomic mass is 10.1. The third kappa shape index (κ3) is 4.90. The first-order valence-electron chi connectivity index (χ1n) is 8.10. The molecule has 1 atom stereocenters. The molecule has 1 saturated heterocycles. The molecule has 0 amide bonds. The highest BCUT2D eigenvalue weighted by Crippen LogP contribution is 2.19. The second-order valence-corrected chi connectivity index (χ2v) is 8.71. The summed E-state index contributed by atoms with van der Waals surface area (Å²) < 4.78 is 49.2. The van der Waals surface area contributed by atoms with E-state index < -0.39 is 21.5 Å². The van der Waals surface area contributed by atoms with Gasteiger partial charge in [0.05, 0.1) is 18.1 Å². The Morgan fingerprint density at radius 1 is 1.21 bits per heavy atom. The summed E-state index contributed by atoms with van der Waals surface area (Å²) in [7, 11) is -2.90. The topological polar surface area (TPSA) is 70.6 Å². The predicted molar refractivity (Wildman–Crippen MR) is 88.4 cm³/mol. The van der Waals surface area contributed by atoms with E-state index in [4.69, 9.17) is 0 Å². The zero-order valence-corrected chi connectivity index (χ0v) is 14.1. The van der Waals surface area contributed by atoms with Gasteiger partial charge in [-0.3, -0.25) is 0 Å². The minimum atomic E-state index is -2.90. The second-order valence-electron chi connectivity index (χ2n) is 6.48. The van der Waals surface area contributed by atoms with Gasteiger partial charge >= 0.3 is 0 Å². The highest BCUT2D eigenvalue weighted by atomic mass is 32.2. The van der Waals surface area contributed by atoms with Crippen LogP contribution in [-0.2, 0) is 16.4 Å². The summed E-state index contributed by atoms with van der Waals surface area (Å²) in [5.41, 5.74) is 0.578. The van der Waals surface area contributed by atoms with E-state index in [0.29, 0.717) is 30.5 Å². The Morgan fingerprint density at radius 3 is 2.62 bits per heavy atom. The fourth-order valence-electron chi connectivity index (χ4n) is 2.66. The largest absolute Gasteiger partial charge is 0.356 e. The monoisotopic (exact) mass is 357 g/mol. The molecule has 2 N–H and O–H groups in total. The number of sulfone groups is 1. The molecule has 2 aliphatic rings. The van der Waals surface area contributed by atoms with Crippen LogP contribution >= 0.6 is 0 Å². The lowest BCUT2D eigenvalue weighted by molar-refractivity contribution is 0.507. The van der Waals surface area contributed by atoms with Gasteiger partial charge in [-0.15, -0.1) is 0 Å². The summed E-state index contributed by atoms with van der Waals surface area (Å²) in [5, 5.41) is 6.43. The average Bonchev–Trinajstić information content (AvgIpc) is 3.27. The Morgan fingerprint density at radius 2 is 2.00 bits per heavy atom. The molecule has 1 unspecified atom stereocenters. The van der Waals surface area contributed by atoms with Crippen LogP contribution in [0.1, 0.15) is 24.8 Å². The van der Waals surface area contributed by atoms with Gasteiger partial charge in [0.15, 0.2) is 27.4 Å². The fraction of sp³-hybridized carbons (Fsp3) is 0.562. The number of halogens is 2. The number of hydrogen-bond acceptors (Lipinski definition) is 3.